The predicted molar refractivity (Wildman–Crippen MR) is 56.4 cm³/mol. The van der Waals surface area contributed by atoms with Crippen molar-refractivity contribution >= 4 is 0 Å². The van der Waals surface area contributed by atoms with Gasteiger partial charge in [-0.25, -0.2) is 0 Å². The van der Waals surface area contributed by atoms with Gasteiger partial charge in [-0.3, -0.25) is 0 Å². The van der Waals surface area contributed by atoms with Crippen LogP contribution >= 0.6 is 0 Å². The van der Waals surface area contributed by atoms with E-state index in [4.69, 9.17) is 5.73 Å². The Labute approximate surface area is 82.1 Å². The Morgan fingerprint density at radius 1 is 1.15 bits per heavy atom. The Kier molecular flexibility index (Phi) is 2.39. The summed E-state index contributed by atoms with van der Waals surface area (Å²) in [5.41, 5.74) is 6.08. The van der Waals surface area contributed by atoms with Crippen LogP contribution in [0.2, 0.25) is 0 Å². The van der Waals surface area contributed by atoms with Gasteiger partial charge in [-0.15, -0.1) is 0 Å². The van der Waals surface area contributed by atoms with Crippen LogP contribution < -0.4 is 5.73 Å². The van der Waals surface area contributed by atoms with Crippen molar-refractivity contribution in [2.24, 2.45) is 23.5 Å². The van der Waals surface area contributed by atoms with Crippen molar-refractivity contribution in [3.63, 3.8) is 0 Å². The van der Waals surface area contributed by atoms with Gasteiger partial charge in [0.25, 0.3) is 0 Å². The maximum absolute atomic E-state index is 6.02. The molecule has 13 heavy (non-hydrogen) atoms. The average molecular weight is 181 g/mol. The van der Waals surface area contributed by atoms with Crippen LogP contribution in [-0.4, -0.2) is 5.54 Å². The van der Waals surface area contributed by atoms with E-state index in [0.717, 1.165) is 17.8 Å². The molecule has 1 heteroatoms. The predicted octanol–water partition coefficient (Wildman–Crippen LogP) is 2.94. The van der Waals surface area contributed by atoms with Gasteiger partial charge in [-0.05, 0) is 70.1 Å². The molecule has 0 heterocycles. The minimum atomic E-state index is 0.0576. The highest BCUT2D eigenvalue weighted by atomic mass is 14.7. The first kappa shape index (κ1) is 9.51. The third-order valence-electron chi connectivity index (χ3n) is 3.58. The molecule has 0 radical (unpaired) electrons. The topological polar surface area (TPSA) is 26.0 Å². The van der Waals surface area contributed by atoms with Crippen LogP contribution in [0.1, 0.15) is 52.4 Å². The van der Waals surface area contributed by atoms with Crippen LogP contribution in [-0.2, 0) is 0 Å². The Morgan fingerprint density at radius 2 is 1.62 bits per heavy atom. The second kappa shape index (κ2) is 3.27. The van der Waals surface area contributed by atoms with Crippen molar-refractivity contribution in [2.45, 2.75) is 57.9 Å². The maximum Gasteiger partial charge on any atom is 0.00971 e. The van der Waals surface area contributed by atoms with E-state index in [0.29, 0.717) is 0 Å². The molecule has 0 aromatic heterocycles. The van der Waals surface area contributed by atoms with E-state index in [2.05, 4.69) is 13.8 Å². The fourth-order valence-corrected chi connectivity index (χ4v) is 2.44. The SMILES string of the molecule is CC(C)(N)CCC(C1CC1)C1CC1. The van der Waals surface area contributed by atoms with Crippen LogP contribution in [0.3, 0.4) is 0 Å². The normalized spacial score (nSPS) is 24.0. The summed E-state index contributed by atoms with van der Waals surface area (Å²) in [7, 11) is 0. The summed E-state index contributed by atoms with van der Waals surface area (Å²) >= 11 is 0. The van der Waals surface area contributed by atoms with Gasteiger partial charge < -0.3 is 5.73 Å². The van der Waals surface area contributed by atoms with Crippen molar-refractivity contribution < 1.29 is 0 Å². The first-order chi connectivity index (χ1) is 6.06. The highest BCUT2D eigenvalue weighted by Gasteiger charge is 2.41. The van der Waals surface area contributed by atoms with Gasteiger partial charge in [-0.2, -0.15) is 0 Å². The molecule has 0 bridgehead atoms. The second-order valence-electron chi connectivity index (χ2n) is 5.87. The lowest BCUT2D eigenvalue weighted by Crippen LogP contribution is -2.32. The summed E-state index contributed by atoms with van der Waals surface area (Å²) in [6.07, 6.45) is 8.63. The second-order valence-corrected chi connectivity index (χ2v) is 5.87. The number of rotatable bonds is 5. The lowest BCUT2D eigenvalue weighted by atomic mass is 9.87. The molecule has 0 spiro atoms. The highest BCUT2D eigenvalue weighted by molar-refractivity contribution is 4.92. The molecule has 0 unspecified atom stereocenters. The van der Waals surface area contributed by atoms with Gasteiger partial charge in [0, 0.05) is 5.54 Å². The minimum Gasteiger partial charge on any atom is -0.326 e. The van der Waals surface area contributed by atoms with Crippen molar-refractivity contribution in [3.8, 4) is 0 Å². The summed E-state index contributed by atoms with van der Waals surface area (Å²) < 4.78 is 0. The summed E-state index contributed by atoms with van der Waals surface area (Å²) in [5, 5.41) is 0. The molecule has 76 valence electrons. The Morgan fingerprint density at radius 3 is 1.92 bits per heavy atom. The zero-order valence-electron chi connectivity index (χ0n) is 9.05. The summed E-state index contributed by atoms with van der Waals surface area (Å²) in [4.78, 5) is 0. The molecular weight excluding hydrogens is 158 g/mol. The molecule has 2 saturated carbocycles. The van der Waals surface area contributed by atoms with Crippen LogP contribution in [0, 0.1) is 17.8 Å². The minimum absolute atomic E-state index is 0.0576. The molecule has 2 N–H and O–H groups in total. The lowest BCUT2D eigenvalue weighted by molar-refractivity contribution is 0.324. The first-order valence-corrected chi connectivity index (χ1v) is 5.85. The molecule has 0 aliphatic heterocycles. The monoisotopic (exact) mass is 181 g/mol. The summed E-state index contributed by atoms with van der Waals surface area (Å²) in [6.45, 7) is 4.31. The quantitative estimate of drug-likeness (QED) is 0.693. The number of hydrogen-bond acceptors (Lipinski definition) is 1. The molecule has 2 fully saturated rings. The van der Waals surface area contributed by atoms with Gasteiger partial charge in [0.2, 0.25) is 0 Å². The van der Waals surface area contributed by atoms with E-state index in [1.807, 2.05) is 0 Å². The molecule has 1 nitrogen and oxygen atoms in total. The molecule has 0 amide bonds. The van der Waals surface area contributed by atoms with E-state index in [1.54, 1.807) is 0 Å². The van der Waals surface area contributed by atoms with Gasteiger partial charge >= 0.3 is 0 Å². The molecule has 2 aliphatic rings. The summed E-state index contributed by atoms with van der Waals surface area (Å²) in [5.74, 6) is 3.23. The molecule has 2 aliphatic carbocycles. The zero-order valence-corrected chi connectivity index (χ0v) is 9.05. The molecule has 0 aromatic carbocycles. The third kappa shape index (κ3) is 2.98. The fraction of sp³-hybridized carbons (Fsp3) is 1.00. The van der Waals surface area contributed by atoms with Gasteiger partial charge in [-0.1, -0.05) is 0 Å². The van der Waals surface area contributed by atoms with Crippen molar-refractivity contribution in [2.75, 3.05) is 0 Å². The summed E-state index contributed by atoms with van der Waals surface area (Å²) in [6, 6.07) is 0. The van der Waals surface area contributed by atoms with Crippen LogP contribution in [0.4, 0.5) is 0 Å². The van der Waals surface area contributed by atoms with Crippen molar-refractivity contribution in [3.05, 3.63) is 0 Å². The molecule has 0 atom stereocenters. The molecule has 0 saturated heterocycles. The average Bonchev–Trinajstić information content (AvgIpc) is 2.80. The van der Waals surface area contributed by atoms with Gasteiger partial charge in [0.15, 0.2) is 0 Å². The van der Waals surface area contributed by atoms with Crippen LogP contribution in [0.5, 0.6) is 0 Å². The third-order valence-corrected chi connectivity index (χ3v) is 3.58. The highest BCUT2D eigenvalue weighted by Crippen LogP contribution is 2.51. The maximum atomic E-state index is 6.02. The van der Waals surface area contributed by atoms with Crippen LogP contribution in [0.15, 0.2) is 0 Å². The fourth-order valence-electron chi connectivity index (χ4n) is 2.44. The smallest absolute Gasteiger partial charge is 0.00971 e. The lowest BCUT2D eigenvalue weighted by Gasteiger charge is -2.23. The number of hydrogen-bond donors (Lipinski definition) is 1. The Bertz CT molecular complexity index is 160. The van der Waals surface area contributed by atoms with Crippen LogP contribution in [0.25, 0.3) is 0 Å². The van der Waals surface area contributed by atoms with Gasteiger partial charge in [0.1, 0.15) is 0 Å². The molecular formula is C12H23N. The van der Waals surface area contributed by atoms with Gasteiger partial charge in [0.05, 0.1) is 0 Å². The van der Waals surface area contributed by atoms with E-state index < -0.39 is 0 Å². The zero-order chi connectivity index (χ0) is 9.47. The largest absolute Gasteiger partial charge is 0.326 e. The Balaban J connectivity index is 1.76. The van der Waals surface area contributed by atoms with E-state index in [1.165, 1.54) is 38.5 Å². The van der Waals surface area contributed by atoms with E-state index in [-0.39, 0.29) is 5.54 Å². The standard InChI is InChI=1S/C12H23N/c1-12(2,13)8-7-11(9-3-4-9)10-5-6-10/h9-11H,3-8,13H2,1-2H3. The van der Waals surface area contributed by atoms with Crippen molar-refractivity contribution in [1.82, 2.24) is 0 Å². The number of nitrogens with two attached hydrogens (primary N) is 1. The van der Waals surface area contributed by atoms with E-state index >= 15 is 0 Å². The van der Waals surface area contributed by atoms with E-state index in [9.17, 15) is 0 Å². The Hall–Kier alpha value is -0.0400. The first-order valence-electron chi connectivity index (χ1n) is 5.85. The molecule has 2 rings (SSSR count). The van der Waals surface area contributed by atoms with Crippen molar-refractivity contribution in [1.29, 1.82) is 0 Å². The molecule has 0 aromatic rings.